The molecule has 0 aliphatic carbocycles. The van der Waals surface area contributed by atoms with Crippen LogP contribution in [0, 0.1) is 6.92 Å². The Morgan fingerprint density at radius 3 is 2.23 bits per heavy atom. The second-order valence-electron chi connectivity index (χ2n) is 7.70. The maximum atomic E-state index is 12.6. The molecule has 0 spiro atoms. The van der Waals surface area contributed by atoms with Crippen molar-refractivity contribution in [1.82, 2.24) is 10.6 Å². The number of nitrogens with one attached hydrogen (secondary N) is 2. The van der Waals surface area contributed by atoms with E-state index in [0.717, 1.165) is 24.0 Å². The summed E-state index contributed by atoms with van der Waals surface area (Å²) in [5.74, 6) is 0.855. The van der Waals surface area contributed by atoms with Gasteiger partial charge in [-0.25, -0.2) is 0 Å². The quantitative estimate of drug-likeness (QED) is 0.552. The van der Waals surface area contributed by atoms with Crippen molar-refractivity contribution in [2.75, 3.05) is 13.2 Å². The Kier molecular flexibility index (Phi) is 9.38. The molecular formula is C25H34N2O4. The molecule has 0 saturated carbocycles. The molecule has 0 heterocycles. The number of carbonyl (C=O) groups excluding carboxylic acids is 2. The maximum absolute atomic E-state index is 12.6. The Balaban J connectivity index is 2.02. The third kappa shape index (κ3) is 7.31. The van der Waals surface area contributed by atoms with E-state index in [1.807, 2.05) is 51.1 Å². The second kappa shape index (κ2) is 12.0. The zero-order chi connectivity index (χ0) is 22.8. The summed E-state index contributed by atoms with van der Waals surface area (Å²) in [7, 11) is 0. The smallest absolute Gasteiger partial charge is 0.251 e. The number of aryl methyl sites for hydroxylation is 1. The summed E-state index contributed by atoms with van der Waals surface area (Å²) in [5.41, 5.74) is 2.43. The van der Waals surface area contributed by atoms with Gasteiger partial charge in [0.25, 0.3) is 5.91 Å². The predicted molar refractivity (Wildman–Crippen MR) is 123 cm³/mol. The fourth-order valence-electron chi connectivity index (χ4n) is 3.00. The lowest BCUT2D eigenvalue weighted by atomic mass is 10.1. The van der Waals surface area contributed by atoms with Gasteiger partial charge in [-0.15, -0.1) is 0 Å². The molecule has 2 amide bonds. The van der Waals surface area contributed by atoms with Gasteiger partial charge in [-0.05, 0) is 63.4 Å². The molecule has 2 N–H and O–H groups in total. The molecule has 0 bridgehead atoms. The van der Waals surface area contributed by atoms with Crippen LogP contribution in [0.3, 0.4) is 0 Å². The van der Waals surface area contributed by atoms with Crippen molar-refractivity contribution >= 4 is 11.8 Å². The van der Waals surface area contributed by atoms with Crippen molar-refractivity contribution in [3.8, 4) is 11.5 Å². The Hall–Kier alpha value is -3.02. The highest BCUT2D eigenvalue weighted by Gasteiger charge is 2.20. The molecule has 0 aromatic heterocycles. The van der Waals surface area contributed by atoms with Crippen molar-refractivity contribution in [2.45, 2.75) is 59.5 Å². The summed E-state index contributed by atoms with van der Waals surface area (Å²) in [6.07, 6.45) is 1.80. The molecule has 2 aromatic carbocycles. The van der Waals surface area contributed by atoms with Gasteiger partial charge in [0.1, 0.15) is 6.04 Å². The van der Waals surface area contributed by atoms with E-state index in [1.54, 1.807) is 19.1 Å². The molecule has 2 aromatic rings. The predicted octanol–water partition coefficient (Wildman–Crippen LogP) is 4.57. The van der Waals surface area contributed by atoms with Gasteiger partial charge in [-0.1, -0.05) is 37.6 Å². The Labute approximate surface area is 185 Å². The van der Waals surface area contributed by atoms with Gasteiger partial charge in [-0.2, -0.15) is 0 Å². The summed E-state index contributed by atoms with van der Waals surface area (Å²) in [5, 5.41) is 5.72. The number of rotatable bonds is 11. The topological polar surface area (TPSA) is 76.7 Å². The van der Waals surface area contributed by atoms with Crippen molar-refractivity contribution in [1.29, 1.82) is 0 Å². The fraction of sp³-hybridized carbons (Fsp3) is 0.440. The van der Waals surface area contributed by atoms with Gasteiger partial charge < -0.3 is 20.1 Å². The molecule has 31 heavy (non-hydrogen) atoms. The van der Waals surface area contributed by atoms with Crippen molar-refractivity contribution < 1.29 is 19.1 Å². The van der Waals surface area contributed by atoms with Crippen LogP contribution in [0.1, 0.15) is 68.1 Å². The van der Waals surface area contributed by atoms with E-state index in [-0.39, 0.29) is 17.9 Å². The highest BCUT2D eigenvalue weighted by atomic mass is 16.5. The summed E-state index contributed by atoms with van der Waals surface area (Å²) in [6, 6.07) is 12.1. The summed E-state index contributed by atoms with van der Waals surface area (Å²) < 4.78 is 11.6. The normalized spacial score (nSPS) is 12.5. The van der Waals surface area contributed by atoms with E-state index in [1.165, 1.54) is 0 Å². The van der Waals surface area contributed by atoms with Crippen LogP contribution in [-0.4, -0.2) is 31.1 Å². The van der Waals surface area contributed by atoms with Crippen LogP contribution in [0.25, 0.3) is 0 Å². The molecule has 0 radical (unpaired) electrons. The Morgan fingerprint density at radius 1 is 0.903 bits per heavy atom. The zero-order valence-electron chi connectivity index (χ0n) is 19.2. The molecule has 0 aliphatic rings. The number of hydrogen-bond donors (Lipinski definition) is 2. The molecule has 2 unspecified atom stereocenters. The van der Waals surface area contributed by atoms with Gasteiger partial charge in [0.2, 0.25) is 5.91 Å². The second-order valence-corrected chi connectivity index (χ2v) is 7.70. The van der Waals surface area contributed by atoms with Gasteiger partial charge in [0, 0.05) is 5.56 Å². The molecule has 6 nitrogen and oxygen atoms in total. The first kappa shape index (κ1) is 24.3. The Morgan fingerprint density at radius 2 is 1.58 bits per heavy atom. The van der Waals surface area contributed by atoms with Crippen LogP contribution >= 0.6 is 0 Å². The lowest BCUT2D eigenvalue weighted by Crippen LogP contribution is -2.45. The fourth-order valence-corrected chi connectivity index (χ4v) is 3.00. The van der Waals surface area contributed by atoms with Gasteiger partial charge >= 0.3 is 0 Å². The largest absolute Gasteiger partial charge is 0.490 e. The SMILES string of the molecule is CCCOc1ccc(C(C)NC(=O)C(C)NC(=O)c2cccc(C)c2)cc1OCCC. The molecule has 6 heteroatoms. The molecule has 0 aliphatic heterocycles. The minimum absolute atomic E-state index is 0.254. The van der Waals surface area contributed by atoms with E-state index >= 15 is 0 Å². The molecule has 2 rings (SSSR count). The maximum Gasteiger partial charge on any atom is 0.251 e. The number of carbonyl (C=O) groups is 2. The molecule has 168 valence electrons. The third-order valence-electron chi connectivity index (χ3n) is 4.77. The van der Waals surface area contributed by atoms with Crippen LogP contribution in [-0.2, 0) is 4.79 Å². The van der Waals surface area contributed by atoms with Gasteiger partial charge in [-0.3, -0.25) is 9.59 Å². The minimum atomic E-state index is -0.668. The van der Waals surface area contributed by atoms with Crippen LogP contribution in [0.15, 0.2) is 42.5 Å². The highest BCUT2D eigenvalue weighted by Crippen LogP contribution is 2.31. The lowest BCUT2D eigenvalue weighted by molar-refractivity contribution is -0.123. The lowest BCUT2D eigenvalue weighted by Gasteiger charge is -2.20. The van der Waals surface area contributed by atoms with Crippen LogP contribution in [0.5, 0.6) is 11.5 Å². The van der Waals surface area contributed by atoms with Crippen molar-refractivity contribution in [3.63, 3.8) is 0 Å². The van der Waals surface area contributed by atoms with E-state index in [2.05, 4.69) is 17.6 Å². The number of benzene rings is 2. The van der Waals surface area contributed by atoms with E-state index in [4.69, 9.17) is 9.47 Å². The van der Waals surface area contributed by atoms with Crippen LogP contribution in [0.2, 0.25) is 0 Å². The van der Waals surface area contributed by atoms with E-state index < -0.39 is 6.04 Å². The molecule has 0 saturated heterocycles. The van der Waals surface area contributed by atoms with E-state index in [0.29, 0.717) is 30.3 Å². The third-order valence-corrected chi connectivity index (χ3v) is 4.77. The average Bonchev–Trinajstić information content (AvgIpc) is 2.76. The molecule has 2 atom stereocenters. The average molecular weight is 427 g/mol. The number of amides is 2. The van der Waals surface area contributed by atoms with Crippen LogP contribution < -0.4 is 20.1 Å². The first-order chi connectivity index (χ1) is 14.8. The summed E-state index contributed by atoms with van der Waals surface area (Å²) >= 11 is 0. The first-order valence-corrected chi connectivity index (χ1v) is 10.9. The first-order valence-electron chi connectivity index (χ1n) is 10.9. The molecule has 0 fully saturated rings. The summed E-state index contributed by atoms with van der Waals surface area (Å²) in [6.45, 7) is 10.8. The van der Waals surface area contributed by atoms with Crippen molar-refractivity contribution in [2.24, 2.45) is 0 Å². The van der Waals surface area contributed by atoms with Gasteiger partial charge in [0.05, 0.1) is 19.3 Å². The zero-order valence-corrected chi connectivity index (χ0v) is 19.2. The standard InChI is InChI=1S/C25H34N2O4/c1-6-13-30-22-12-11-20(16-23(22)31-14-7-2)18(4)26-24(28)19(5)27-25(29)21-10-8-9-17(3)15-21/h8-12,15-16,18-19H,6-7,13-14H2,1-5H3,(H,26,28)(H,27,29). The Bertz CT molecular complexity index is 882. The van der Waals surface area contributed by atoms with Crippen LogP contribution in [0.4, 0.5) is 0 Å². The summed E-state index contributed by atoms with van der Waals surface area (Å²) in [4.78, 5) is 25.1. The van der Waals surface area contributed by atoms with E-state index in [9.17, 15) is 9.59 Å². The molecular weight excluding hydrogens is 392 g/mol. The number of hydrogen-bond acceptors (Lipinski definition) is 4. The minimum Gasteiger partial charge on any atom is -0.490 e. The highest BCUT2D eigenvalue weighted by molar-refractivity contribution is 5.97. The van der Waals surface area contributed by atoms with Crippen molar-refractivity contribution in [3.05, 3.63) is 59.2 Å². The van der Waals surface area contributed by atoms with Gasteiger partial charge in [0.15, 0.2) is 11.5 Å². The monoisotopic (exact) mass is 426 g/mol. The number of ether oxygens (including phenoxy) is 2.